The van der Waals surface area contributed by atoms with Gasteiger partial charge < -0.3 is 9.84 Å². The van der Waals surface area contributed by atoms with Crippen LogP contribution in [0, 0.1) is 6.92 Å². The van der Waals surface area contributed by atoms with E-state index in [1.807, 2.05) is 13.8 Å². The van der Waals surface area contributed by atoms with Crippen molar-refractivity contribution in [3.8, 4) is 5.75 Å². The molecule has 1 unspecified atom stereocenters. The SMILES string of the molecule is CCCOc1ccc(/C(O)=C2/C(=O)C(=O)N(c3ccc(Br)cc3)C2c2ccncc2)cc1C. The lowest BCUT2D eigenvalue weighted by atomic mass is 9.95. The number of hydrogen-bond donors (Lipinski definition) is 1. The second kappa shape index (κ2) is 9.58. The van der Waals surface area contributed by atoms with Gasteiger partial charge in [0.2, 0.25) is 0 Å². The Morgan fingerprint density at radius 2 is 1.79 bits per heavy atom. The molecule has 33 heavy (non-hydrogen) atoms. The number of amides is 1. The van der Waals surface area contributed by atoms with E-state index in [0.29, 0.717) is 23.4 Å². The topological polar surface area (TPSA) is 79.7 Å². The number of ether oxygens (including phenoxy) is 1. The van der Waals surface area contributed by atoms with Gasteiger partial charge in [-0.1, -0.05) is 22.9 Å². The molecule has 1 amide bonds. The molecule has 6 nitrogen and oxygen atoms in total. The summed E-state index contributed by atoms with van der Waals surface area (Å²) in [6.45, 7) is 4.49. The number of nitrogens with zero attached hydrogens (tertiary/aromatic N) is 2. The lowest BCUT2D eigenvalue weighted by Crippen LogP contribution is -2.29. The number of aliphatic hydroxyl groups excluding tert-OH is 1. The van der Waals surface area contributed by atoms with Crippen molar-refractivity contribution in [2.45, 2.75) is 26.3 Å². The molecule has 2 heterocycles. The number of rotatable bonds is 6. The van der Waals surface area contributed by atoms with Crippen molar-refractivity contribution in [2.24, 2.45) is 0 Å². The Labute approximate surface area is 200 Å². The molecule has 1 atom stereocenters. The number of carbonyl (C=O) groups is 2. The maximum absolute atomic E-state index is 13.2. The predicted molar refractivity (Wildman–Crippen MR) is 130 cm³/mol. The Bertz CT molecular complexity index is 1220. The van der Waals surface area contributed by atoms with E-state index in [1.165, 1.54) is 4.90 Å². The first-order valence-electron chi connectivity index (χ1n) is 10.6. The van der Waals surface area contributed by atoms with Gasteiger partial charge in [-0.2, -0.15) is 0 Å². The molecule has 7 heteroatoms. The van der Waals surface area contributed by atoms with Crippen molar-refractivity contribution in [2.75, 3.05) is 11.5 Å². The van der Waals surface area contributed by atoms with Gasteiger partial charge >= 0.3 is 0 Å². The third-order valence-corrected chi connectivity index (χ3v) is 6.01. The van der Waals surface area contributed by atoms with Crippen LogP contribution in [0.1, 0.15) is 36.1 Å². The fourth-order valence-corrected chi connectivity index (χ4v) is 4.15. The van der Waals surface area contributed by atoms with Crippen LogP contribution < -0.4 is 9.64 Å². The van der Waals surface area contributed by atoms with Crippen LogP contribution in [0.15, 0.2) is 77.0 Å². The van der Waals surface area contributed by atoms with Crippen LogP contribution in [0.3, 0.4) is 0 Å². The zero-order chi connectivity index (χ0) is 23.5. The van der Waals surface area contributed by atoms with Crippen LogP contribution in [-0.2, 0) is 9.59 Å². The Balaban J connectivity index is 1.85. The summed E-state index contributed by atoms with van der Waals surface area (Å²) < 4.78 is 6.57. The summed E-state index contributed by atoms with van der Waals surface area (Å²) in [5.74, 6) is -0.934. The van der Waals surface area contributed by atoms with E-state index >= 15 is 0 Å². The zero-order valence-electron chi connectivity index (χ0n) is 18.3. The average molecular weight is 507 g/mol. The van der Waals surface area contributed by atoms with Crippen molar-refractivity contribution in [1.82, 2.24) is 4.98 Å². The van der Waals surface area contributed by atoms with E-state index in [0.717, 1.165) is 22.2 Å². The Kier molecular flexibility index (Phi) is 6.60. The molecule has 4 rings (SSSR count). The number of aryl methyl sites for hydroxylation is 1. The van der Waals surface area contributed by atoms with Crippen LogP contribution in [0.5, 0.6) is 5.75 Å². The number of benzene rings is 2. The van der Waals surface area contributed by atoms with Gasteiger partial charge in [0.05, 0.1) is 18.2 Å². The van der Waals surface area contributed by atoms with Gasteiger partial charge in [0.1, 0.15) is 11.5 Å². The monoisotopic (exact) mass is 506 g/mol. The van der Waals surface area contributed by atoms with E-state index in [4.69, 9.17) is 4.74 Å². The van der Waals surface area contributed by atoms with Crippen molar-refractivity contribution in [3.05, 3.63) is 93.7 Å². The van der Waals surface area contributed by atoms with Gasteiger partial charge in [-0.05, 0) is 79.1 Å². The minimum absolute atomic E-state index is 0.0377. The Morgan fingerprint density at radius 1 is 1.09 bits per heavy atom. The minimum atomic E-state index is -0.787. The molecule has 1 N–H and O–H groups in total. The standard InChI is InChI=1S/C26H23BrN2O4/c1-3-14-33-21-9-4-18(15-16(21)2)24(30)22-23(17-10-12-28-13-11-17)29(26(32)25(22)31)20-7-5-19(27)6-8-20/h4-13,15,23,30H,3,14H2,1-2H3/b24-22-. The van der Waals surface area contributed by atoms with Crippen molar-refractivity contribution < 1.29 is 19.4 Å². The number of pyridine rings is 1. The summed E-state index contributed by atoms with van der Waals surface area (Å²) in [7, 11) is 0. The summed E-state index contributed by atoms with van der Waals surface area (Å²) in [5, 5.41) is 11.3. The first-order chi connectivity index (χ1) is 15.9. The van der Waals surface area contributed by atoms with Gasteiger partial charge in [-0.3, -0.25) is 19.5 Å². The first kappa shape index (κ1) is 22.7. The number of carbonyl (C=O) groups excluding carboxylic acids is 2. The highest BCUT2D eigenvalue weighted by atomic mass is 79.9. The molecule has 168 valence electrons. The van der Waals surface area contributed by atoms with E-state index in [-0.39, 0.29) is 11.3 Å². The summed E-state index contributed by atoms with van der Waals surface area (Å²) in [5.41, 5.74) is 2.55. The van der Waals surface area contributed by atoms with Crippen molar-refractivity contribution >= 4 is 39.1 Å². The molecule has 1 aliphatic rings. The van der Waals surface area contributed by atoms with Gasteiger partial charge in [0.15, 0.2) is 0 Å². The van der Waals surface area contributed by atoms with E-state index in [2.05, 4.69) is 20.9 Å². The lowest BCUT2D eigenvalue weighted by Gasteiger charge is -2.25. The summed E-state index contributed by atoms with van der Waals surface area (Å²) in [6, 6.07) is 15.0. The number of hydrogen-bond acceptors (Lipinski definition) is 5. The van der Waals surface area contributed by atoms with Crippen LogP contribution in [0.25, 0.3) is 5.76 Å². The van der Waals surface area contributed by atoms with E-state index in [1.54, 1.807) is 67.0 Å². The van der Waals surface area contributed by atoms with Gasteiger partial charge in [0, 0.05) is 28.1 Å². The molecular formula is C26H23BrN2O4. The summed E-state index contributed by atoms with van der Waals surface area (Å²) in [6.07, 6.45) is 4.08. The maximum atomic E-state index is 13.2. The number of Topliss-reactive ketones (excluding diaryl/α,β-unsaturated/α-hetero) is 1. The highest BCUT2D eigenvalue weighted by Gasteiger charge is 2.46. The molecular weight excluding hydrogens is 484 g/mol. The summed E-state index contributed by atoms with van der Waals surface area (Å²) in [4.78, 5) is 31.8. The fourth-order valence-electron chi connectivity index (χ4n) is 3.89. The summed E-state index contributed by atoms with van der Waals surface area (Å²) >= 11 is 3.40. The highest BCUT2D eigenvalue weighted by molar-refractivity contribution is 9.10. The third-order valence-electron chi connectivity index (χ3n) is 5.48. The van der Waals surface area contributed by atoms with E-state index in [9.17, 15) is 14.7 Å². The molecule has 1 aromatic heterocycles. The zero-order valence-corrected chi connectivity index (χ0v) is 19.9. The second-order valence-corrected chi connectivity index (χ2v) is 8.67. The quantitative estimate of drug-likeness (QED) is 0.268. The molecule has 2 aromatic carbocycles. The van der Waals surface area contributed by atoms with Crippen molar-refractivity contribution in [1.29, 1.82) is 0 Å². The smallest absolute Gasteiger partial charge is 0.300 e. The fraction of sp³-hybridized carbons (Fsp3) is 0.192. The number of aromatic nitrogens is 1. The minimum Gasteiger partial charge on any atom is -0.507 e. The molecule has 0 aliphatic carbocycles. The molecule has 1 saturated heterocycles. The number of ketones is 1. The maximum Gasteiger partial charge on any atom is 0.300 e. The largest absolute Gasteiger partial charge is 0.507 e. The van der Waals surface area contributed by atoms with Crippen LogP contribution in [0.4, 0.5) is 5.69 Å². The Hall–Kier alpha value is -3.45. The average Bonchev–Trinajstić information content (AvgIpc) is 3.09. The lowest BCUT2D eigenvalue weighted by molar-refractivity contribution is -0.132. The normalized spacial score (nSPS) is 17.4. The third kappa shape index (κ3) is 4.41. The van der Waals surface area contributed by atoms with Crippen LogP contribution >= 0.6 is 15.9 Å². The van der Waals surface area contributed by atoms with Crippen LogP contribution in [-0.4, -0.2) is 28.4 Å². The van der Waals surface area contributed by atoms with Gasteiger partial charge in [-0.15, -0.1) is 0 Å². The molecule has 3 aromatic rings. The molecule has 0 saturated carbocycles. The number of anilines is 1. The number of halogens is 1. The highest BCUT2D eigenvalue weighted by Crippen LogP contribution is 2.42. The van der Waals surface area contributed by atoms with Crippen molar-refractivity contribution in [3.63, 3.8) is 0 Å². The molecule has 1 fully saturated rings. The van der Waals surface area contributed by atoms with E-state index < -0.39 is 17.7 Å². The van der Waals surface area contributed by atoms with Crippen LogP contribution in [0.2, 0.25) is 0 Å². The molecule has 1 aliphatic heterocycles. The van der Waals surface area contributed by atoms with Gasteiger partial charge in [0.25, 0.3) is 11.7 Å². The molecule has 0 radical (unpaired) electrons. The number of aliphatic hydroxyl groups is 1. The Morgan fingerprint density at radius 3 is 2.42 bits per heavy atom. The first-order valence-corrected chi connectivity index (χ1v) is 11.4. The second-order valence-electron chi connectivity index (χ2n) is 7.75. The molecule has 0 spiro atoms. The predicted octanol–water partition coefficient (Wildman–Crippen LogP) is 5.57. The molecule has 0 bridgehead atoms. The van der Waals surface area contributed by atoms with Gasteiger partial charge in [-0.25, -0.2) is 0 Å².